The van der Waals surface area contributed by atoms with Gasteiger partial charge in [0.1, 0.15) is 5.82 Å². The monoisotopic (exact) mass is 316 g/mol. The summed E-state index contributed by atoms with van der Waals surface area (Å²) in [4.78, 5) is 11.8. The van der Waals surface area contributed by atoms with Crippen molar-refractivity contribution in [3.8, 4) is 0 Å². The molecule has 2 N–H and O–H groups in total. The van der Waals surface area contributed by atoms with E-state index in [0.717, 1.165) is 12.1 Å². The lowest BCUT2D eigenvalue weighted by Crippen LogP contribution is -2.38. The molecule has 0 aliphatic heterocycles. The highest BCUT2D eigenvalue weighted by Crippen LogP contribution is 2.18. The van der Waals surface area contributed by atoms with Gasteiger partial charge in [0.15, 0.2) is 9.84 Å². The van der Waals surface area contributed by atoms with Crippen molar-refractivity contribution >= 4 is 15.7 Å². The van der Waals surface area contributed by atoms with Crippen LogP contribution >= 0.6 is 0 Å². The normalized spacial score (nSPS) is 14.5. The summed E-state index contributed by atoms with van der Waals surface area (Å²) >= 11 is 0. The van der Waals surface area contributed by atoms with Crippen LogP contribution in [0.4, 0.5) is 4.39 Å². The lowest BCUT2D eigenvalue weighted by Gasteiger charge is -2.15. The van der Waals surface area contributed by atoms with E-state index in [-0.39, 0.29) is 23.3 Å². The molecule has 0 radical (unpaired) electrons. The second kappa shape index (κ2) is 7.51. The fourth-order valence-electron chi connectivity index (χ4n) is 1.67. The first kappa shape index (κ1) is 17.6. The number of amides is 1. The van der Waals surface area contributed by atoms with Crippen LogP contribution < -0.4 is 10.6 Å². The topological polar surface area (TPSA) is 75.3 Å². The van der Waals surface area contributed by atoms with E-state index in [1.54, 1.807) is 7.05 Å². The van der Waals surface area contributed by atoms with Crippen molar-refractivity contribution in [1.82, 2.24) is 10.6 Å². The standard InChI is InChI=1S/C14H21FN2O3S/c1-10(16-3)9-17-14(18)8-11(2)21(19,20)13-6-4-12(15)5-7-13/h4-7,10-11,16H,8-9H2,1-3H3,(H,17,18). The number of carbonyl (C=O) groups is 1. The molecule has 1 amide bonds. The molecule has 2 atom stereocenters. The second-order valence-corrected chi connectivity index (χ2v) is 7.37. The average Bonchev–Trinajstić information content (AvgIpc) is 2.45. The summed E-state index contributed by atoms with van der Waals surface area (Å²) in [6.45, 7) is 3.80. The summed E-state index contributed by atoms with van der Waals surface area (Å²) in [6.07, 6.45) is -0.129. The van der Waals surface area contributed by atoms with Gasteiger partial charge in [-0.25, -0.2) is 12.8 Å². The van der Waals surface area contributed by atoms with Crippen molar-refractivity contribution in [2.24, 2.45) is 0 Å². The van der Waals surface area contributed by atoms with Crippen LogP contribution in [-0.4, -0.2) is 39.2 Å². The first-order valence-electron chi connectivity index (χ1n) is 6.70. The summed E-state index contributed by atoms with van der Waals surface area (Å²) in [7, 11) is -1.86. The number of rotatable bonds is 7. The molecule has 0 aliphatic rings. The van der Waals surface area contributed by atoms with Crippen LogP contribution in [0.15, 0.2) is 29.2 Å². The Bertz CT molecular complexity index is 572. The average molecular weight is 316 g/mol. The molecular formula is C14H21FN2O3S. The Morgan fingerprint density at radius 2 is 1.81 bits per heavy atom. The molecular weight excluding hydrogens is 295 g/mol. The number of nitrogens with one attached hydrogen (secondary N) is 2. The number of likely N-dealkylation sites (N-methyl/N-ethyl adjacent to an activating group) is 1. The van der Waals surface area contributed by atoms with Crippen molar-refractivity contribution in [2.75, 3.05) is 13.6 Å². The maximum absolute atomic E-state index is 12.8. The Hall–Kier alpha value is -1.47. The summed E-state index contributed by atoms with van der Waals surface area (Å²) in [5.41, 5.74) is 0. The van der Waals surface area contributed by atoms with Crippen LogP contribution in [0, 0.1) is 5.82 Å². The van der Waals surface area contributed by atoms with E-state index in [9.17, 15) is 17.6 Å². The van der Waals surface area contributed by atoms with Gasteiger partial charge < -0.3 is 10.6 Å². The highest BCUT2D eigenvalue weighted by Gasteiger charge is 2.25. The lowest BCUT2D eigenvalue weighted by molar-refractivity contribution is -0.121. The Labute approximate surface area is 124 Å². The molecule has 5 nitrogen and oxygen atoms in total. The molecule has 0 spiro atoms. The van der Waals surface area contributed by atoms with Crippen molar-refractivity contribution in [3.63, 3.8) is 0 Å². The SMILES string of the molecule is CNC(C)CNC(=O)CC(C)S(=O)(=O)c1ccc(F)cc1. The van der Waals surface area contributed by atoms with Crippen molar-refractivity contribution in [3.05, 3.63) is 30.1 Å². The third-order valence-electron chi connectivity index (χ3n) is 3.24. The van der Waals surface area contributed by atoms with Crippen LogP contribution in [0.2, 0.25) is 0 Å². The number of sulfone groups is 1. The van der Waals surface area contributed by atoms with E-state index in [4.69, 9.17) is 0 Å². The van der Waals surface area contributed by atoms with Crippen LogP contribution in [0.3, 0.4) is 0 Å². The van der Waals surface area contributed by atoms with E-state index in [0.29, 0.717) is 6.54 Å². The summed E-state index contributed by atoms with van der Waals surface area (Å²) in [5, 5.41) is 4.77. The van der Waals surface area contributed by atoms with Crippen molar-refractivity contribution < 1.29 is 17.6 Å². The third kappa shape index (κ3) is 5.09. The lowest BCUT2D eigenvalue weighted by atomic mass is 10.3. The zero-order chi connectivity index (χ0) is 16.0. The first-order chi connectivity index (χ1) is 9.77. The van der Waals surface area contributed by atoms with Crippen molar-refractivity contribution in [2.45, 2.75) is 36.5 Å². The number of halogens is 1. The van der Waals surface area contributed by atoms with Gasteiger partial charge in [-0.1, -0.05) is 0 Å². The van der Waals surface area contributed by atoms with Crippen LogP contribution in [0.25, 0.3) is 0 Å². The van der Waals surface area contributed by atoms with Crippen LogP contribution in [0.5, 0.6) is 0 Å². The summed E-state index contributed by atoms with van der Waals surface area (Å²) in [5.74, 6) is -0.823. The molecule has 0 aliphatic carbocycles. The molecule has 1 aromatic carbocycles. The molecule has 0 saturated carbocycles. The van der Waals surface area contributed by atoms with E-state index in [1.807, 2.05) is 6.92 Å². The van der Waals surface area contributed by atoms with Gasteiger partial charge in [-0.2, -0.15) is 0 Å². The van der Waals surface area contributed by atoms with E-state index >= 15 is 0 Å². The van der Waals surface area contributed by atoms with Gasteiger partial charge in [-0.05, 0) is 45.2 Å². The molecule has 1 aromatic rings. The maximum atomic E-state index is 12.8. The van der Waals surface area contributed by atoms with Gasteiger partial charge in [0.25, 0.3) is 0 Å². The number of hydrogen-bond acceptors (Lipinski definition) is 4. The predicted molar refractivity (Wildman–Crippen MR) is 79.2 cm³/mol. The Balaban J connectivity index is 2.67. The minimum absolute atomic E-state index is 0.0211. The number of hydrogen-bond donors (Lipinski definition) is 2. The van der Waals surface area contributed by atoms with Gasteiger partial charge >= 0.3 is 0 Å². The Kier molecular flexibility index (Phi) is 6.29. The van der Waals surface area contributed by atoms with Crippen LogP contribution in [0.1, 0.15) is 20.3 Å². The zero-order valence-electron chi connectivity index (χ0n) is 12.4. The zero-order valence-corrected chi connectivity index (χ0v) is 13.2. The molecule has 0 heterocycles. The number of carbonyl (C=O) groups excluding carboxylic acids is 1. The van der Waals surface area contributed by atoms with Gasteiger partial charge in [0, 0.05) is 19.0 Å². The molecule has 2 unspecified atom stereocenters. The summed E-state index contributed by atoms with van der Waals surface area (Å²) in [6, 6.07) is 4.71. The maximum Gasteiger partial charge on any atom is 0.221 e. The predicted octanol–water partition coefficient (Wildman–Crippen LogP) is 1.10. The first-order valence-corrected chi connectivity index (χ1v) is 8.25. The molecule has 0 bridgehead atoms. The molecule has 7 heteroatoms. The minimum atomic E-state index is -3.64. The summed E-state index contributed by atoms with van der Waals surface area (Å²) < 4.78 is 37.3. The van der Waals surface area contributed by atoms with Gasteiger partial charge in [0.2, 0.25) is 5.91 Å². The minimum Gasteiger partial charge on any atom is -0.355 e. The Morgan fingerprint density at radius 3 is 2.33 bits per heavy atom. The van der Waals surface area contributed by atoms with Gasteiger partial charge in [-0.15, -0.1) is 0 Å². The second-order valence-electron chi connectivity index (χ2n) is 5.01. The third-order valence-corrected chi connectivity index (χ3v) is 5.40. The highest BCUT2D eigenvalue weighted by atomic mass is 32.2. The van der Waals surface area contributed by atoms with Crippen molar-refractivity contribution in [1.29, 1.82) is 0 Å². The molecule has 1 rings (SSSR count). The quantitative estimate of drug-likeness (QED) is 0.739. The smallest absolute Gasteiger partial charge is 0.221 e. The fraction of sp³-hybridized carbons (Fsp3) is 0.500. The molecule has 118 valence electrons. The highest BCUT2D eigenvalue weighted by molar-refractivity contribution is 7.92. The fourth-order valence-corrected chi connectivity index (χ4v) is 3.02. The van der Waals surface area contributed by atoms with E-state index in [1.165, 1.54) is 19.1 Å². The molecule has 21 heavy (non-hydrogen) atoms. The van der Waals surface area contributed by atoms with Gasteiger partial charge in [-0.3, -0.25) is 4.79 Å². The largest absolute Gasteiger partial charge is 0.355 e. The molecule has 0 aromatic heterocycles. The molecule has 0 fully saturated rings. The molecule has 0 saturated heterocycles. The van der Waals surface area contributed by atoms with Gasteiger partial charge in [0.05, 0.1) is 10.1 Å². The van der Waals surface area contributed by atoms with Crippen LogP contribution in [-0.2, 0) is 14.6 Å². The Morgan fingerprint density at radius 1 is 1.24 bits per heavy atom. The number of benzene rings is 1. The van der Waals surface area contributed by atoms with E-state index in [2.05, 4.69) is 10.6 Å². The van der Waals surface area contributed by atoms with E-state index < -0.39 is 20.9 Å².